The monoisotopic (exact) mass is 541 g/mol. The quantitative estimate of drug-likeness (QED) is 0.406. The van der Waals surface area contributed by atoms with E-state index >= 15 is 0 Å². The highest BCUT2D eigenvalue weighted by molar-refractivity contribution is 6.37. The predicted octanol–water partition coefficient (Wildman–Crippen LogP) is 4.44. The van der Waals surface area contributed by atoms with Crippen LogP contribution >= 0.6 is 23.2 Å². The van der Waals surface area contributed by atoms with E-state index in [1.165, 1.54) is 0 Å². The number of aromatic nitrogens is 2. The Morgan fingerprint density at radius 3 is 2.38 bits per heavy atom. The van der Waals surface area contributed by atoms with Gasteiger partial charge >= 0.3 is 5.97 Å². The summed E-state index contributed by atoms with van der Waals surface area (Å²) in [6.45, 7) is 4.02. The van der Waals surface area contributed by atoms with Gasteiger partial charge in [-0.05, 0) is 49.6 Å². The third-order valence-corrected chi connectivity index (χ3v) is 7.89. The van der Waals surface area contributed by atoms with E-state index in [0.29, 0.717) is 45.2 Å². The molecule has 1 aliphatic carbocycles. The van der Waals surface area contributed by atoms with Crippen molar-refractivity contribution in [2.45, 2.75) is 19.3 Å². The van der Waals surface area contributed by atoms with Crippen LogP contribution in [0.4, 0.5) is 5.69 Å². The van der Waals surface area contributed by atoms with Gasteiger partial charge in [0.15, 0.2) is 11.5 Å². The SMILES string of the molecule is Cn1nc(C(=O)O)c2ccc(N3CCN(CCC(C(=O)C4CC4)=C(N)c4c(Cl)cccc4Cl)CC3)cc21. The summed E-state index contributed by atoms with van der Waals surface area (Å²) in [5.41, 5.74) is 9.96. The summed E-state index contributed by atoms with van der Waals surface area (Å²) in [6.07, 6.45) is 2.35. The van der Waals surface area contributed by atoms with Crippen LogP contribution in [0.5, 0.6) is 0 Å². The number of carbonyl (C=O) groups is 2. The number of nitrogens with zero attached hydrogens (tertiary/aromatic N) is 4. The number of anilines is 1. The molecule has 8 nitrogen and oxygen atoms in total. The highest BCUT2D eigenvalue weighted by atomic mass is 35.5. The fourth-order valence-corrected chi connectivity index (χ4v) is 5.59. The second kappa shape index (κ2) is 10.4. The van der Waals surface area contributed by atoms with Crippen molar-refractivity contribution in [3.63, 3.8) is 0 Å². The molecule has 2 aromatic carbocycles. The zero-order valence-corrected chi connectivity index (χ0v) is 22.1. The van der Waals surface area contributed by atoms with Gasteiger partial charge in [-0.25, -0.2) is 4.79 Å². The number of Topliss-reactive ketones (excluding diaryl/α,β-unsaturated/α-hetero) is 1. The lowest BCUT2D eigenvalue weighted by Crippen LogP contribution is -2.46. The van der Waals surface area contributed by atoms with Gasteiger partial charge in [0.2, 0.25) is 0 Å². The van der Waals surface area contributed by atoms with Crippen LogP contribution in [0, 0.1) is 5.92 Å². The third kappa shape index (κ3) is 5.19. The maximum Gasteiger partial charge on any atom is 0.357 e. The van der Waals surface area contributed by atoms with Crippen molar-refractivity contribution >= 4 is 57.2 Å². The molecule has 3 N–H and O–H groups in total. The molecule has 0 atom stereocenters. The molecule has 0 unspecified atom stereocenters. The summed E-state index contributed by atoms with van der Waals surface area (Å²) in [5, 5.41) is 15.1. The van der Waals surface area contributed by atoms with E-state index in [1.54, 1.807) is 29.9 Å². The first kappa shape index (κ1) is 25.6. The standard InChI is InChI=1S/C27H29Cl2N5O3/c1-32-22-15-17(7-8-18(22)25(31-32)27(36)37)34-13-11-33(12-14-34)10-9-19(26(35)16-5-6-16)24(30)23-20(28)3-2-4-21(23)29/h2-4,7-8,15-16H,5-6,9-14,30H2,1H3,(H,36,37). The van der Waals surface area contributed by atoms with Gasteiger partial charge in [0, 0.05) is 73.6 Å². The van der Waals surface area contributed by atoms with Crippen molar-refractivity contribution in [1.29, 1.82) is 0 Å². The first-order valence-corrected chi connectivity index (χ1v) is 13.1. The summed E-state index contributed by atoms with van der Waals surface area (Å²) >= 11 is 12.8. The Balaban J connectivity index is 1.27. The molecule has 37 heavy (non-hydrogen) atoms. The summed E-state index contributed by atoms with van der Waals surface area (Å²) in [7, 11) is 1.76. The van der Waals surface area contributed by atoms with Crippen LogP contribution < -0.4 is 10.6 Å². The lowest BCUT2D eigenvalue weighted by Gasteiger charge is -2.36. The Kier molecular flexibility index (Phi) is 7.16. The predicted molar refractivity (Wildman–Crippen MR) is 146 cm³/mol. The molecule has 1 saturated heterocycles. The van der Waals surface area contributed by atoms with E-state index in [1.807, 2.05) is 18.2 Å². The second-order valence-corrected chi connectivity index (χ2v) is 10.5. The zero-order valence-electron chi connectivity index (χ0n) is 20.6. The molecular weight excluding hydrogens is 513 g/mol. The Morgan fingerprint density at radius 2 is 1.76 bits per heavy atom. The van der Waals surface area contributed by atoms with Gasteiger partial charge in [-0.2, -0.15) is 5.10 Å². The zero-order chi connectivity index (χ0) is 26.3. The normalized spacial score (nSPS) is 17.2. The van der Waals surface area contributed by atoms with Crippen molar-refractivity contribution in [2.75, 3.05) is 37.6 Å². The molecule has 0 radical (unpaired) electrons. The van der Waals surface area contributed by atoms with E-state index in [9.17, 15) is 14.7 Å². The molecule has 3 aromatic rings. The molecular formula is C27H29Cl2N5O3. The molecule has 0 bridgehead atoms. The van der Waals surface area contributed by atoms with Crippen LogP contribution in [0.3, 0.4) is 0 Å². The first-order chi connectivity index (χ1) is 17.7. The molecule has 1 saturated carbocycles. The first-order valence-electron chi connectivity index (χ1n) is 12.4. The Morgan fingerprint density at radius 1 is 1.08 bits per heavy atom. The topological polar surface area (TPSA) is 105 Å². The van der Waals surface area contributed by atoms with Crippen LogP contribution in [-0.2, 0) is 11.8 Å². The number of hydrogen-bond donors (Lipinski definition) is 2. The second-order valence-electron chi connectivity index (χ2n) is 9.68. The Hall–Kier alpha value is -3.07. The summed E-state index contributed by atoms with van der Waals surface area (Å²) in [4.78, 5) is 29.2. The van der Waals surface area contributed by atoms with Gasteiger partial charge in [0.25, 0.3) is 0 Å². The largest absolute Gasteiger partial charge is 0.476 e. The average molecular weight is 542 g/mol. The van der Waals surface area contributed by atoms with E-state index in [0.717, 1.165) is 50.2 Å². The number of carboxylic acid groups (broad SMARTS) is 1. The molecule has 0 spiro atoms. The van der Waals surface area contributed by atoms with Crippen molar-refractivity contribution in [2.24, 2.45) is 18.7 Å². The van der Waals surface area contributed by atoms with Crippen molar-refractivity contribution in [3.05, 3.63) is 63.3 Å². The maximum absolute atomic E-state index is 13.1. The van der Waals surface area contributed by atoms with Crippen LogP contribution in [0.25, 0.3) is 16.6 Å². The summed E-state index contributed by atoms with van der Waals surface area (Å²) < 4.78 is 1.61. The molecule has 1 aromatic heterocycles. The van der Waals surface area contributed by atoms with Crippen LogP contribution in [0.2, 0.25) is 10.0 Å². The number of ketones is 1. The number of nitrogens with two attached hydrogens (primary N) is 1. The highest BCUT2D eigenvalue weighted by Crippen LogP contribution is 2.37. The van der Waals surface area contributed by atoms with Gasteiger partial charge in [-0.3, -0.25) is 14.4 Å². The number of carbonyl (C=O) groups excluding carboxylic acids is 1. The fourth-order valence-electron chi connectivity index (χ4n) is 4.99. The summed E-state index contributed by atoms with van der Waals surface area (Å²) in [5.74, 6) is -0.870. The number of piperazine rings is 1. The number of rotatable bonds is 8. The Labute approximate surface area is 225 Å². The van der Waals surface area contributed by atoms with E-state index in [4.69, 9.17) is 28.9 Å². The van der Waals surface area contributed by atoms with Gasteiger partial charge < -0.3 is 15.7 Å². The van der Waals surface area contributed by atoms with Crippen LogP contribution in [-0.4, -0.2) is 64.3 Å². The van der Waals surface area contributed by atoms with Gasteiger partial charge in [0.1, 0.15) is 0 Å². The van der Waals surface area contributed by atoms with Crippen LogP contribution in [0.15, 0.2) is 42.0 Å². The Bertz CT molecular complexity index is 1380. The lowest BCUT2D eigenvalue weighted by atomic mass is 9.97. The molecule has 10 heteroatoms. The van der Waals surface area contributed by atoms with Crippen molar-refractivity contribution < 1.29 is 14.7 Å². The van der Waals surface area contributed by atoms with Crippen LogP contribution in [0.1, 0.15) is 35.3 Å². The van der Waals surface area contributed by atoms with E-state index in [-0.39, 0.29) is 17.4 Å². The molecule has 5 rings (SSSR count). The molecule has 194 valence electrons. The minimum Gasteiger partial charge on any atom is -0.476 e. The molecule has 2 fully saturated rings. The molecule has 2 heterocycles. The van der Waals surface area contributed by atoms with Gasteiger partial charge in [-0.15, -0.1) is 0 Å². The molecule has 0 amide bonds. The number of fused-ring (bicyclic) bond motifs is 1. The fraction of sp³-hybridized carbons (Fsp3) is 0.370. The molecule has 2 aliphatic rings. The number of benzene rings is 2. The molecule has 1 aliphatic heterocycles. The number of hydrogen-bond acceptors (Lipinski definition) is 6. The number of halogens is 2. The lowest BCUT2D eigenvalue weighted by molar-refractivity contribution is -0.116. The van der Waals surface area contributed by atoms with Gasteiger partial charge in [0.05, 0.1) is 15.6 Å². The van der Waals surface area contributed by atoms with Gasteiger partial charge in [-0.1, -0.05) is 29.3 Å². The number of carboxylic acids is 1. The number of aromatic carboxylic acids is 1. The van der Waals surface area contributed by atoms with Crippen molar-refractivity contribution in [3.8, 4) is 0 Å². The summed E-state index contributed by atoms with van der Waals surface area (Å²) in [6, 6.07) is 11.0. The average Bonchev–Trinajstić information content (AvgIpc) is 3.67. The minimum absolute atomic E-state index is 0.0511. The highest BCUT2D eigenvalue weighted by Gasteiger charge is 2.33. The smallest absolute Gasteiger partial charge is 0.357 e. The van der Waals surface area contributed by atoms with Crippen molar-refractivity contribution in [1.82, 2.24) is 14.7 Å². The van der Waals surface area contributed by atoms with E-state index in [2.05, 4.69) is 14.9 Å². The minimum atomic E-state index is -1.03. The maximum atomic E-state index is 13.1. The van der Waals surface area contributed by atoms with E-state index < -0.39 is 5.97 Å². The third-order valence-electron chi connectivity index (χ3n) is 7.26. The number of aryl methyl sites for hydroxylation is 1.